The van der Waals surface area contributed by atoms with Crippen molar-refractivity contribution in [3.05, 3.63) is 58.4 Å². The molecule has 2 aromatic heterocycles. The number of rotatable bonds is 4. The Morgan fingerprint density at radius 1 is 1.33 bits per heavy atom. The maximum Gasteiger partial charge on any atom is 0.272 e. The zero-order valence-electron chi connectivity index (χ0n) is 18.6. The van der Waals surface area contributed by atoms with E-state index in [9.17, 15) is 26.8 Å². The summed E-state index contributed by atoms with van der Waals surface area (Å²) in [6.07, 6.45) is 2.41. The van der Waals surface area contributed by atoms with Crippen LogP contribution in [0.2, 0.25) is 5.02 Å². The second-order valence-electron chi connectivity index (χ2n) is 8.61. The standard InChI is InChI=1S/C22H18ClF2N5O5S/c1-36(33,34)9-16(31)27-19-18(14-3-2-11(23)8-26-14)29-30-10-22(28-21(32)20(19)30)4-5-35-15-7-12(24)6-13(25)17(15)22/h2-3,6-8H,4-5,9-10H2,1H3,(H,27,31)(H,28,32)/t22-/m1/s1. The molecule has 2 aliphatic heterocycles. The third-order valence-electron chi connectivity index (χ3n) is 5.85. The molecule has 0 unspecified atom stereocenters. The highest BCUT2D eigenvalue weighted by molar-refractivity contribution is 7.91. The van der Waals surface area contributed by atoms with Crippen molar-refractivity contribution in [1.29, 1.82) is 0 Å². The minimum atomic E-state index is -3.67. The lowest BCUT2D eigenvalue weighted by Crippen LogP contribution is -2.56. The number of carbonyl (C=O) groups is 2. The fourth-order valence-electron chi connectivity index (χ4n) is 4.48. The topological polar surface area (TPSA) is 132 Å². The number of hydrogen-bond donors (Lipinski definition) is 2. The third-order valence-corrected chi connectivity index (χ3v) is 6.86. The molecule has 36 heavy (non-hydrogen) atoms. The number of carbonyl (C=O) groups excluding carboxylic acids is 2. The van der Waals surface area contributed by atoms with Gasteiger partial charge in [-0.15, -0.1) is 0 Å². The van der Waals surface area contributed by atoms with Gasteiger partial charge in [0.05, 0.1) is 35.0 Å². The average Bonchev–Trinajstić information content (AvgIpc) is 3.10. The highest BCUT2D eigenvalue weighted by Crippen LogP contribution is 2.44. The molecule has 0 aliphatic carbocycles. The van der Waals surface area contributed by atoms with E-state index >= 15 is 0 Å². The first kappa shape index (κ1) is 24.1. The fraction of sp³-hybridized carbons (Fsp3) is 0.273. The lowest BCUT2D eigenvalue weighted by Gasteiger charge is -2.42. The molecular weight excluding hydrogens is 520 g/mol. The number of ether oxygens (including phenoxy) is 1. The molecule has 1 spiro atoms. The lowest BCUT2D eigenvalue weighted by molar-refractivity contribution is -0.113. The van der Waals surface area contributed by atoms with Gasteiger partial charge in [-0.05, 0) is 12.1 Å². The van der Waals surface area contributed by atoms with Crippen LogP contribution in [0.5, 0.6) is 5.75 Å². The number of sulfone groups is 1. The van der Waals surface area contributed by atoms with Crippen molar-refractivity contribution in [2.45, 2.75) is 18.5 Å². The highest BCUT2D eigenvalue weighted by atomic mass is 35.5. The Kier molecular flexibility index (Phi) is 5.71. The quantitative estimate of drug-likeness (QED) is 0.522. The number of amides is 2. The number of halogens is 3. The van der Waals surface area contributed by atoms with Crippen LogP contribution in [0.1, 0.15) is 22.5 Å². The largest absolute Gasteiger partial charge is 0.493 e. The Morgan fingerprint density at radius 2 is 2.11 bits per heavy atom. The van der Waals surface area contributed by atoms with Crippen LogP contribution in [0.15, 0.2) is 30.5 Å². The van der Waals surface area contributed by atoms with E-state index in [1.807, 2.05) is 0 Å². The number of anilines is 1. The molecule has 5 rings (SSSR count). The van der Waals surface area contributed by atoms with Crippen molar-refractivity contribution < 1.29 is 31.5 Å². The number of fused-ring (bicyclic) bond motifs is 3. The van der Waals surface area contributed by atoms with Gasteiger partial charge in [0.2, 0.25) is 5.91 Å². The van der Waals surface area contributed by atoms with Crippen LogP contribution in [0.25, 0.3) is 11.4 Å². The summed E-state index contributed by atoms with van der Waals surface area (Å²) >= 11 is 5.93. The average molecular weight is 538 g/mol. The first-order chi connectivity index (χ1) is 17.0. The summed E-state index contributed by atoms with van der Waals surface area (Å²) in [7, 11) is -3.67. The number of aromatic nitrogens is 3. The SMILES string of the molecule is CS(=O)(=O)CC(=O)Nc1c(-c2ccc(Cl)cn2)nn2c1C(=O)N[C@]1(CCOc3cc(F)cc(F)c31)C2. The third kappa shape index (κ3) is 4.28. The van der Waals surface area contributed by atoms with Crippen molar-refractivity contribution in [3.63, 3.8) is 0 Å². The summed E-state index contributed by atoms with van der Waals surface area (Å²) in [4.78, 5) is 30.1. The Balaban J connectivity index is 1.64. The molecule has 188 valence electrons. The zero-order valence-corrected chi connectivity index (χ0v) is 20.2. The fourth-order valence-corrected chi connectivity index (χ4v) is 5.14. The van der Waals surface area contributed by atoms with Gasteiger partial charge >= 0.3 is 0 Å². The minimum absolute atomic E-state index is 0.0153. The van der Waals surface area contributed by atoms with E-state index in [4.69, 9.17) is 16.3 Å². The van der Waals surface area contributed by atoms with Gasteiger partial charge in [0.25, 0.3) is 5.91 Å². The van der Waals surface area contributed by atoms with Crippen molar-refractivity contribution in [2.24, 2.45) is 0 Å². The van der Waals surface area contributed by atoms with Crippen LogP contribution in [0, 0.1) is 11.6 Å². The van der Waals surface area contributed by atoms with Gasteiger partial charge < -0.3 is 15.4 Å². The molecule has 0 saturated carbocycles. The van der Waals surface area contributed by atoms with E-state index in [-0.39, 0.29) is 53.7 Å². The van der Waals surface area contributed by atoms with E-state index in [1.54, 1.807) is 0 Å². The van der Waals surface area contributed by atoms with Gasteiger partial charge in [-0.1, -0.05) is 11.6 Å². The van der Waals surface area contributed by atoms with Crippen molar-refractivity contribution in [3.8, 4) is 17.1 Å². The summed E-state index contributed by atoms with van der Waals surface area (Å²) in [5, 5.41) is 10.1. The highest BCUT2D eigenvalue weighted by Gasteiger charge is 2.47. The van der Waals surface area contributed by atoms with Gasteiger partial charge in [-0.2, -0.15) is 5.10 Å². The van der Waals surface area contributed by atoms with Gasteiger partial charge in [-0.25, -0.2) is 17.2 Å². The molecule has 1 aromatic carbocycles. The van der Waals surface area contributed by atoms with Gasteiger partial charge in [0.1, 0.15) is 34.5 Å². The molecule has 14 heteroatoms. The van der Waals surface area contributed by atoms with Crippen molar-refractivity contribution >= 4 is 38.9 Å². The minimum Gasteiger partial charge on any atom is -0.493 e. The molecular formula is C22H18ClF2N5O5S. The molecule has 0 fully saturated rings. The summed E-state index contributed by atoms with van der Waals surface area (Å²) < 4.78 is 58.8. The van der Waals surface area contributed by atoms with Crippen LogP contribution in [0.3, 0.4) is 0 Å². The van der Waals surface area contributed by atoms with Gasteiger partial charge in [0, 0.05) is 31.0 Å². The van der Waals surface area contributed by atoms with Gasteiger partial charge in [-0.3, -0.25) is 19.3 Å². The van der Waals surface area contributed by atoms with E-state index in [0.29, 0.717) is 11.1 Å². The maximum atomic E-state index is 14.9. The second-order valence-corrected chi connectivity index (χ2v) is 11.2. The van der Waals surface area contributed by atoms with Crippen molar-refractivity contribution in [1.82, 2.24) is 20.1 Å². The van der Waals surface area contributed by atoms with Crippen LogP contribution < -0.4 is 15.4 Å². The molecule has 0 bridgehead atoms. The molecule has 0 saturated heterocycles. The Labute approximate surface area is 208 Å². The van der Waals surface area contributed by atoms with Gasteiger partial charge in [0.15, 0.2) is 15.5 Å². The zero-order chi connectivity index (χ0) is 25.8. The first-order valence-electron chi connectivity index (χ1n) is 10.6. The number of benzene rings is 1. The van der Waals surface area contributed by atoms with Crippen LogP contribution >= 0.6 is 11.6 Å². The maximum absolute atomic E-state index is 14.9. The van der Waals surface area contributed by atoms with Crippen LogP contribution in [0.4, 0.5) is 14.5 Å². The number of nitrogens with zero attached hydrogens (tertiary/aromatic N) is 3. The normalized spacial score (nSPS) is 18.7. The molecule has 2 aliphatic rings. The molecule has 4 heterocycles. The monoisotopic (exact) mass is 537 g/mol. The number of hydrogen-bond acceptors (Lipinski definition) is 7. The number of pyridine rings is 1. The lowest BCUT2D eigenvalue weighted by atomic mass is 9.82. The van der Waals surface area contributed by atoms with Crippen molar-refractivity contribution in [2.75, 3.05) is 23.9 Å². The summed E-state index contributed by atoms with van der Waals surface area (Å²) in [5.41, 5.74) is -1.12. The molecule has 2 amide bonds. The van der Waals surface area contributed by atoms with E-state index < -0.39 is 44.6 Å². The second kappa shape index (κ2) is 8.52. The Bertz CT molecular complexity index is 1530. The first-order valence-corrected chi connectivity index (χ1v) is 13.0. The molecule has 3 aromatic rings. The predicted octanol–water partition coefficient (Wildman–Crippen LogP) is 2.28. The van der Waals surface area contributed by atoms with Crippen LogP contribution in [-0.4, -0.2) is 53.6 Å². The van der Waals surface area contributed by atoms with E-state index in [2.05, 4.69) is 20.7 Å². The number of nitrogens with one attached hydrogen (secondary N) is 2. The summed E-state index contributed by atoms with van der Waals surface area (Å²) in [5.74, 6) is -4.15. The molecule has 10 nitrogen and oxygen atoms in total. The van der Waals surface area contributed by atoms with Crippen LogP contribution in [-0.2, 0) is 26.7 Å². The summed E-state index contributed by atoms with van der Waals surface area (Å²) in [6.45, 7) is 0.00580. The van der Waals surface area contributed by atoms with E-state index in [0.717, 1.165) is 12.3 Å². The Hall–Kier alpha value is -3.58. The predicted molar refractivity (Wildman–Crippen MR) is 124 cm³/mol. The smallest absolute Gasteiger partial charge is 0.272 e. The Morgan fingerprint density at radius 3 is 2.81 bits per heavy atom. The molecule has 1 atom stereocenters. The summed E-state index contributed by atoms with van der Waals surface area (Å²) in [6, 6.07) is 4.80. The molecule has 0 radical (unpaired) electrons. The van der Waals surface area contributed by atoms with E-state index in [1.165, 1.54) is 23.0 Å². The molecule has 2 N–H and O–H groups in total.